The minimum atomic E-state index is 0.222. The van der Waals surface area contributed by atoms with Gasteiger partial charge in [0.1, 0.15) is 0 Å². The van der Waals surface area contributed by atoms with Gasteiger partial charge in [-0.2, -0.15) is 0 Å². The molecule has 0 aromatic heterocycles. The van der Waals surface area contributed by atoms with Crippen LogP contribution in [0.3, 0.4) is 0 Å². The maximum absolute atomic E-state index is 8.88. The van der Waals surface area contributed by atoms with E-state index < -0.39 is 0 Å². The lowest BCUT2D eigenvalue weighted by atomic mass is 10.0. The summed E-state index contributed by atoms with van der Waals surface area (Å²) in [6.45, 7) is 4.45. The van der Waals surface area contributed by atoms with Crippen molar-refractivity contribution in [2.24, 2.45) is 0 Å². The minimum absolute atomic E-state index is 0.222. The highest BCUT2D eigenvalue weighted by atomic mass is 35.5. The Morgan fingerprint density at radius 3 is 2.75 bits per heavy atom. The van der Waals surface area contributed by atoms with Gasteiger partial charge in [-0.15, -0.1) is 0 Å². The Kier molecular flexibility index (Phi) is 5.81. The van der Waals surface area contributed by atoms with Crippen LogP contribution in [0.2, 0.25) is 5.02 Å². The number of rotatable bonds is 6. The van der Waals surface area contributed by atoms with E-state index in [0.29, 0.717) is 12.1 Å². The number of aliphatic hydroxyl groups excluding tert-OH is 1. The summed E-state index contributed by atoms with van der Waals surface area (Å²) < 4.78 is 0. The molecule has 1 aromatic rings. The van der Waals surface area contributed by atoms with Crippen molar-refractivity contribution in [3.63, 3.8) is 0 Å². The van der Waals surface area contributed by atoms with Gasteiger partial charge in [-0.25, -0.2) is 0 Å². The molecule has 0 bridgehead atoms. The van der Waals surface area contributed by atoms with Crippen LogP contribution in [0, 0.1) is 0 Å². The van der Waals surface area contributed by atoms with E-state index in [1.54, 1.807) is 0 Å². The van der Waals surface area contributed by atoms with Crippen LogP contribution in [0.1, 0.15) is 38.3 Å². The average Bonchev–Trinajstić information content (AvgIpc) is 2.26. The first-order valence-electron chi connectivity index (χ1n) is 5.79. The van der Waals surface area contributed by atoms with Gasteiger partial charge in [0.2, 0.25) is 0 Å². The lowest BCUT2D eigenvalue weighted by molar-refractivity contribution is 0.262. The summed E-state index contributed by atoms with van der Waals surface area (Å²) >= 11 is 5.98. The largest absolute Gasteiger partial charge is 0.396 e. The molecule has 1 aromatic carbocycles. The van der Waals surface area contributed by atoms with E-state index in [1.165, 1.54) is 5.56 Å². The molecule has 1 rings (SSSR count). The maximum Gasteiger partial charge on any atom is 0.0445 e. The molecule has 0 saturated heterocycles. The highest BCUT2D eigenvalue weighted by Crippen LogP contribution is 2.21. The first kappa shape index (κ1) is 13.5. The van der Waals surface area contributed by atoms with Crippen molar-refractivity contribution < 1.29 is 5.11 Å². The van der Waals surface area contributed by atoms with Crippen LogP contribution in [0.5, 0.6) is 0 Å². The van der Waals surface area contributed by atoms with E-state index in [2.05, 4.69) is 25.2 Å². The van der Waals surface area contributed by atoms with Gasteiger partial charge in [-0.1, -0.05) is 30.7 Å². The highest BCUT2D eigenvalue weighted by molar-refractivity contribution is 6.30. The zero-order valence-corrected chi connectivity index (χ0v) is 10.7. The standard InChI is InChI=1S/C13H20ClNO/c1-3-13(15-10(2)7-8-16)11-5-4-6-12(14)9-11/h4-6,9-10,13,15-16H,3,7-8H2,1-2H3. The molecule has 0 aliphatic heterocycles. The third kappa shape index (κ3) is 4.12. The Morgan fingerprint density at radius 2 is 2.19 bits per heavy atom. The fourth-order valence-corrected chi connectivity index (χ4v) is 1.99. The van der Waals surface area contributed by atoms with Crippen molar-refractivity contribution in [3.05, 3.63) is 34.9 Å². The number of halogens is 1. The second kappa shape index (κ2) is 6.89. The molecule has 2 nitrogen and oxygen atoms in total. The van der Waals surface area contributed by atoms with Gasteiger partial charge < -0.3 is 10.4 Å². The summed E-state index contributed by atoms with van der Waals surface area (Å²) in [5, 5.41) is 13.1. The molecule has 0 radical (unpaired) electrons. The number of hydrogen-bond acceptors (Lipinski definition) is 2. The molecule has 0 spiro atoms. The number of benzene rings is 1. The molecular weight excluding hydrogens is 222 g/mol. The van der Waals surface area contributed by atoms with Gasteiger partial charge in [0.15, 0.2) is 0 Å². The number of hydrogen-bond donors (Lipinski definition) is 2. The first-order chi connectivity index (χ1) is 7.67. The zero-order chi connectivity index (χ0) is 12.0. The molecule has 0 amide bonds. The number of aliphatic hydroxyl groups is 1. The quantitative estimate of drug-likeness (QED) is 0.802. The Bertz CT molecular complexity index is 317. The first-order valence-corrected chi connectivity index (χ1v) is 6.17. The maximum atomic E-state index is 8.88. The van der Waals surface area contributed by atoms with E-state index in [9.17, 15) is 0 Å². The third-order valence-corrected chi connectivity index (χ3v) is 2.94. The van der Waals surface area contributed by atoms with Crippen LogP contribution in [-0.2, 0) is 0 Å². The van der Waals surface area contributed by atoms with Gasteiger partial charge in [-0.05, 0) is 37.5 Å². The lowest BCUT2D eigenvalue weighted by Crippen LogP contribution is -2.30. The normalized spacial score (nSPS) is 14.8. The zero-order valence-electron chi connectivity index (χ0n) is 9.91. The molecule has 90 valence electrons. The molecule has 0 aliphatic rings. The van der Waals surface area contributed by atoms with Crippen LogP contribution in [0.4, 0.5) is 0 Å². The smallest absolute Gasteiger partial charge is 0.0445 e. The molecule has 0 aliphatic carbocycles. The summed E-state index contributed by atoms with van der Waals surface area (Å²) in [5.41, 5.74) is 1.21. The van der Waals surface area contributed by atoms with Crippen molar-refractivity contribution >= 4 is 11.6 Å². The predicted octanol–water partition coefficient (Wildman–Crippen LogP) is 3.15. The molecule has 2 N–H and O–H groups in total. The lowest BCUT2D eigenvalue weighted by Gasteiger charge is -2.22. The molecule has 16 heavy (non-hydrogen) atoms. The van der Waals surface area contributed by atoms with Gasteiger partial charge in [0, 0.05) is 23.7 Å². The molecule has 0 saturated carbocycles. The molecule has 3 heteroatoms. The Hall–Kier alpha value is -0.570. The Morgan fingerprint density at radius 1 is 1.44 bits per heavy atom. The van der Waals surface area contributed by atoms with Crippen molar-refractivity contribution in [2.45, 2.75) is 38.8 Å². The fraction of sp³-hybridized carbons (Fsp3) is 0.538. The van der Waals surface area contributed by atoms with Gasteiger partial charge >= 0.3 is 0 Å². The number of nitrogens with one attached hydrogen (secondary N) is 1. The van der Waals surface area contributed by atoms with Gasteiger partial charge in [0.25, 0.3) is 0 Å². The van der Waals surface area contributed by atoms with Crippen LogP contribution >= 0.6 is 11.6 Å². The molecular formula is C13H20ClNO. The van der Waals surface area contributed by atoms with Crippen molar-refractivity contribution in [3.8, 4) is 0 Å². The summed E-state index contributed by atoms with van der Waals surface area (Å²) in [5.74, 6) is 0. The van der Waals surface area contributed by atoms with Crippen molar-refractivity contribution in [1.82, 2.24) is 5.32 Å². The Labute approximate surface area is 103 Å². The van der Waals surface area contributed by atoms with E-state index in [-0.39, 0.29) is 6.61 Å². The summed E-state index contributed by atoms with van der Waals surface area (Å²) in [6.07, 6.45) is 1.78. The van der Waals surface area contributed by atoms with E-state index in [0.717, 1.165) is 17.9 Å². The van der Waals surface area contributed by atoms with Crippen LogP contribution in [0.15, 0.2) is 24.3 Å². The summed E-state index contributed by atoms with van der Waals surface area (Å²) in [6, 6.07) is 8.55. The van der Waals surface area contributed by atoms with Crippen LogP contribution in [-0.4, -0.2) is 17.8 Å². The third-order valence-electron chi connectivity index (χ3n) is 2.71. The average molecular weight is 242 g/mol. The van der Waals surface area contributed by atoms with Gasteiger partial charge in [0.05, 0.1) is 0 Å². The molecule has 2 atom stereocenters. The van der Waals surface area contributed by atoms with Crippen molar-refractivity contribution in [2.75, 3.05) is 6.61 Å². The van der Waals surface area contributed by atoms with E-state index >= 15 is 0 Å². The van der Waals surface area contributed by atoms with Crippen molar-refractivity contribution in [1.29, 1.82) is 0 Å². The summed E-state index contributed by atoms with van der Waals surface area (Å²) in [4.78, 5) is 0. The van der Waals surface area contributed by atoms with Crippen LogP contribution < -0.4 is 5.32 Å². The summed E-state index contributed by atoms with van der Waals surface area (Å²) in [7, 11) is 0. The topological polar surface area (TPSA) is 32.3 Å². The molecule has 0 fully saturated rings. The Balaban J connectivity index is 2.67. The highest BCUT2D eigenvalue weighted by Gasteiger charge is 2.12. The second-order valence-electron chi connectivity index (χ2n) is 4.10. The van der Waals surface area contributed by atoms with E-state index in [1.807, 2.05) is 18.2 Å². The minimum Gasteiger partial charge on any atom is -0.396 e. The predicted molar refractivity (Wildman–Crippen MR) is 68.8 cm³/mol. The fourth-order valence-electron chi connectivity index (χ4n) is 1.79. The molecule has 2 unspecified atom stereocenters. The van der Waals surface area contributed by atoms with Crippen LogP contribution in [0.25, 0.3) is 0 Å². The SMILES string of the molecule is CCC(NC(C)CCO)c1cccc(Cl)c1. The monoisotopic (exact) mass is 241 g/mol. The van der Waals surface area contributed by atoms with Gasteiger partial charge in [-0.3, -0.25) is 0 Å². The second-order valence-corrected chi connectivity index (χ2v) is 4.53. The molecule has 0 heterocycles. The van der Waals surface area contributed by atoms with E-state index in [4.69, 9.17) is 16.7 Å².